The van der Waals surface area contributed by atoms with Gasteiger partial charge in [0.1, 0.15) is 5.82 Å². The first-order chi connectivity index (χ1) is 10.2. The van der Waals surface area contributed by atoms with Gasteiger partial charge >= 0.3 is 0 Å². The molecule has 0 aliphatic rings. The predicted molar refractivity (Wildman–Crippen MR) is 92.2 cm³/mol. The van der Waals surface area contributed by atoms with Gasteiger partial charge in [-0.05, 0) is 47.2 Å². The number of nitrogens with zero attached hydrogens (tertiary/aromatic N) is 4. The molecular formula is C15H14IN5. The molecule has 0 atom stereocenters. The third-order valence-corrected chi connectivity index (χ3v) is 4.35. The van der Waals surface area contributed by atoms with Crippen molar-refractivity contribution < 1.29 is 0 Å². The summed E-state index contributed by atoms with van der Waals surface area (Å²) in [5, 5.41) is 3.13. The number of halogens is 1. The van der Waals surface area contributed by atoms with Crippen molar-refractivity contribution in [1.82, 2.24) is 19.9 Å². The van der Waals surface area contributed by atoms with Crippen LogP contribution >= 0.6 is 22.6 Å². The molecule has 0 fully saturated rings. The van der Waals surface area contributed by atoms with Gasteiger partial charge in [0.25, 0.3) is 0 Å². The Morgan fingerprint density at radius 2 is 1.86 bits per heavy atom. The molecule has 1 N–H and O–H groups in total. The fourth-order valence-corrected chi connectivity index (χ4v) is 3.02. The van der Waals surface area contributed by atoms with Gasteiger partial charge < -0.3 is 5.32 Å². The van der Waals surface area contributed by atoms with Crippen molar-refractivity contribution in [3.8, 4) is 11.4 Å². The van der Waals surface area contributed by atoms with Crippen molar-refractivity contribution in [2.45, 2.75) is 13.3 Å². The zero-order valence-corrected chi connectivity index (χ0v) is 13.9. The van der Waals surface area contributed by atoms with Crippen molar-refractivity contribution in [2.75, 3.05) is 12.4 Å². The number of benzene rings is 1. The molecule has 0 aliphatic carbocycles. The van der Waals surface area contributed by atoms with Crippen LogP contribution in [0.25, 0.3) is 22.4 Å². The van der Waals surface area contributed by atoms with Gasteiger partial charge in [-0.2, -0.15) is 0 Å². The van der Waals surface area contributed by atoms with E-state index in [0.29, 0.717) is 5.82 Å². The van der Waals surface area contributed by atoms with Crippen LogP contribution in [-0.2, 0) is 6.42 Å². The molecule has 2 heterocycles. The van der Waals surface area contributed by atoms with Crippen molar-refractivity contribution in [2.24, 2.45) is 0 Å². The number of nitrogens with one attached hydrogen (secondary N) is 1. The van der Waals surface area contributed by atoms with Gasteiger partial charge in [0.2, 0.25) is 0 Å². The van der Waals surface area contributed by atoms with E-state index in [1.54, 1.807) is 12.4 Å². The van der Waals surface area contributed by atoms with Crippen molar-refractivity contribution in [1.29, 1.82) is 0 Å². The van der Waals surface area contributed by atoms with Crippen LogP contribution in [0.5, 0.6) is 0 Å². The maximum atomic E-state index is 4.67. The van der Waals surface area contributed by atoms with Crippen LogP contribution in [0.2, 0.25) is 0 Å². The van der Waals surface area contributed by atoms with Gasteiger partial charge in [-0.25, -0.2) is 9.97 Å². The molecule has 0 unspecified atom stereocenters. The highest BCUT2D eigenvalue weighted by Crippen LogP contribution is 2.25. The Hall–Kier alpha value is -1.83. The summed E-state index contributed by atoms with van der Waals surface area (Å²) >= 11 is 2.28. The Kier molecular flexibility index (Phi) is 3.96. The summed E-state index contributed by atoms with van der Waals surface area (Å²) in [6, 6.07) is 5.91. The van der Waals surface area contributed by atoms with E-state index in [4.69, 9.17) is 0 Å². The average Bonchev–Trinajstić information content (AvgIpc) is 2.54. The van der Waals surface area contributed by atoms with Crippen LogP contribution in [0.3, 0.4) is 0 Å². The number of hydrogen-bond acceptors (Lipinski definition) is 5. The first-order valence-electron chi connectivity index (χ1n) is 6.68. The second-order valence-corrected chi connectivity index (χ2v) is 5.60. The molecule has 0 bridgehead atoms. The summed E-state index contributed by atoms with van der Waals surface area (Å²) in [4.78, 5) is 17.9. The average molecular weight is 391 g/mol. The molecule has 0 aliphatic heterocycles. The van der Waals surface area contributed by atoms with Gasteiger partial charge in [-0.3, -0.25) is 9.97 Å². The molecule has 3 rings (SSSR count). The SMILES string of the molecule is CCc1nc(-c2ccc3nccnc3c2)nc(NC)c1I. The number of rotatable bonds is 3. The molecule has 0 spiro atoms. The van der Waals surface area contributed by atoms with E-state index in [1.807, 2.05) is 25.2 Å². The largest absolute Gasteiger partial charge is 0.372 e. The van der Waals surface area contributed by atoms with Crippen LogP contribution in [0.15, 0.2) is 30.6 Å². The molecule has 0 amide bonds. The summed E-state index contributed by atoms with van der Waals surface area (Å²) in [6.45, 7) is 2.10. The Labute approximate surface area is 136 Å². The number of fused-ring (bicyclic) bond motifs is 1. The highest BCUT2D eigenvalue weighted by Gasteiger charge is 2.12. The lowest BCUT2D eigenvalue weighted by atomic mass is 10.1. The summed E-state index contributed by atoms with van der Waals surface area (Å²) in [6.07, 6.45) is 4.25. The Morgan fingerprint density at radius 1 is 1.10 bits per heavy atom. The van der Waals surface area contributed by atoms with Crippen LogP contribution in [0.4, 0.5) is 5.82 Å². The van der Waals surface area contributed by atoms with Crippen LogP contribution in [0.1, 0.15) is 12.6 Å². The molecule has 1 aromatic carbocycles. The molecule has 5 nitrogen and oxygen atoms in total. The van der Waals surface area contributed by atoms with E-state index in [2.05, 4.69) is 54.8 Å². The number of aryl methyl sites for hydroxylation is 1. The maximum absolute atomic E-state index is 4.67. The van der Waals surface area contributed by atoms with Gasteiger partial charge in [-0.15, -0.1) is 0 Å². The Balaban J connectivity index is 2.17. The smallest absolute Gasteiger partial charge is 0.161 e. The molecule has 21 heavy (non-hydrogen) atoms. The molecule has 2 aromatic heterocycles. The van der Waals surface area contributed by atoms with Crippen LogP contribution < -0.4 is 5.32 Å². The number of anilines is 1. The van der Waals surface area contributed by atoms with Crippen molar-refractivity contribution in [3.63, 3.8) is 0 Å². The van der Waals surface area contributed by atoms with Crippen molar-refractivity contribution >= 4 is 39.4 Å². The minimum atomic E-state index is 0.712. The third-order valence-electron chi connectivity index (χ3n) is 3.22. The van der Waals surface area contributed by atoms with E-state index in [0.717, 1.165) is 38.1 Å². The highest BCUT2D eigenvalue weighted by molar-refractivity contribution is 14.1. The van der Waals surface area contributed by atoms with Crippen molar-refractivity contribution in [3.05, 3.63) is 39.9 Å². The summed E-state index contributed by atoms with van der Waals surface area (Å²) in [7, 11) is 1.87. The zero-order chi connectivity index (χ0) is 14.8. The fraction of sp³-hybridized carbons (Fsp3) is 0.200. The summed E-state index contributed by atoms with van der Waals surface area (Å²) in [5.74, 6) is 1.57. The summed E-state index contributed by atoms with van der Waals surface area (Å²) in [5.41, 5.74) is 3.72. The minimum Gasteiger partial charge on any atom is -0.372 e. The standard InChI is InChI=1S/C15H14IN5/c1-3-10-13(16)15(17-2)21-14(20-10)9-4-5-11-12(8-9)19-7-6-18-11/h4-8H,3H2,1-2H3,(H,17,20,21). The maximum Gasteiger partial charge on any atom is 0.161 e. The topological polar surface area (TPSA) is 63.6 Å². The lowest BCUT2D eigenvalue weighted by Crippen LogP contribution is -2.04. The summed E-state index contributed by atoms with van der Waals surface area (Å²) < 4.78 is 1.07. The van der Waals surface area contributed by atoms with Crippen LogP contribution in [0, 0.1) is 3.57 Å². The predicted octanol–water partition coefficient (Wildman–Crippen LogP) is 3.30. The number of hydrogen-bond donors (Lipinski definition) is 1. The molecule has 106 valence electrons. The lowest BCUT2D eigenvalue weighted by molar-refractivity contribution is 0.990. The van der Waals surface area contributed by atoms with Gasteiger partial charge in [0.05, 0.1) is 20.3 Å². The third kappa shape index (κ3) is 2.67. The van der Waals surface area contributed by atoms with E-state index >= 15 is 0 Å². The minimum absolute atomic E-state index is 0.712. The van der Waals surface area contributed by atoms with Gasteiger partial charge in [0.15, 0.2) is 5.82 Å². The van der Waals surface area contributed by atoms with Gasteiger partial charge in [-0.1, -0.05) is 6.92 Å². The van der Waals surface area contributed by atoms with E-state index in [9.17, 15) is 0 Å². The van der Waals surface area contributed by atoms with Crippen LogP contribution in [-0.4, -0.2) is 27.0 Å². The normalized spacial score (nSPS) is 10.8. The second kappa shape index (κ2) is 5.88. The molecule has 6 heteroatoms. The van der Waals surface area contributed by atoms with E-state index in [1.165, 1.54) is 0 Å². The second-order valence-electron chi connectivity index (χ2n) is 4.52. The Morgan fingerprint density at radius 3 is 2.57 bits per heavy atom. The molecule has 0 saturated heterocycles. The molecule has 3 aromatic rings. The monoisotopic (exact) mass is 391 g/mol. The van der Waals surface area contributed by atoms with E-state index in [-0.39, 0.29) is 0 Å². The highest BCUT2D eigenvalue weighted by atomic mass is 127. The first kappa shape index (κ1) is 14.1. The lowest BCUT2D eigenvalue weighted by Gasteiger charge is -2.10. The Bertz CT molecular complexity index is 778. The van der Waals surface area contributed by atoms with E-state index < -0.39 is 0 Å². The zero-order valence-electron chi connectivity index (χ0n) is 11.8. The molecule has 0 saturated carbocycles. The quantitative estimate of drug-likeness (QED) is 0.695. The molecule has 0 radical (unpaired) electrons. The first-order valence-corrected chi connectivity index (χ1v) is 7.76. The fourth-order valence-electron chi connectivity index (χ4n) is 2.12. The number of aromatic nitrogens is 4. The molecular weight excluding hydrogens is 377 g/mol. The van der Waals surface area contributed by atoms with Gasteiger partial charge in [0, 0.05) is 25.0 Å².